The first-order chi connectivity index (χ1) is 10.0. The van der Waals surface area contributed by atoms with Crippen molar-refractivity contribution in [3.05, 3.63) is 71.2 Å². The zero-order chi connectivity index (χ0) is 15.4. The Kier molecular flexibility index (Phi) is 4.60. The highest BCUT2D eigenvalue weighted by atomic mass is 16.5. The summed E-state index contributed by atoms with van der Waals surface area (Å²) in [4.78, 5) is 12.0. The van der Waals surface area contributed by atoms with E-state index in [1.807, 2.05) is 6.07 Å². The molecule has 2 unspecified atom stereocenters. The standard InChI is InChI=1S/C17H18O4/c1-11-15(19)10-16(20)13(17(11)21-2)8-9-14(18)12-6-4-3-5-7-12/h3-10,13,17,19-20H,1-2H3. The number of hydrogen-bond acceptors (Lipinski definition) is 4. The van der Waals surface area contributed by atoms with Crippen LogP contribution in [0.15, 0.2) is 65.7 Å². The number of benzene rings is 1. The summed E-state index contributed by atoms with van der Waals surface area (Å²) in [6.07, 6.45) is 3.82. The van der Waals surface area contributed by atoms with Gasteiger partial charge in [-0.15, -0.1) is 0 Å². The summed E-state index contributed by atoms with van der Waals surface area (Å²) < 4.78 is 5.31. The second-order valence-corrected chi connectivity index (χ2v) is 4.91. The van der Waals surface area contributed by atoms with E-state index < -0.39 is 12.0 Å². The molecule has 1 aromatic rings. The summed E-state index contributed by atoms with van der Waals surface area (Å²) in [6, 6.07) is 8.89. The number of aliphatic hydroxyl groups is 2. The van der Waals surface area contributed by atoms with Crippen molar-refractivity contribution in [3.63, 3.8) is 0 Å². The minimum atomic E-state index is -0.491. The number of carbonyl (C=O) groups is 1. The van der Waals surface area contributed by atoms with Gasteiger partial charge in [0.25, 0.3) is 0 Å². The molecule has 0 spiro atoms. The summed E-state index contributed by atoms with van der Waals surface area (Å²) >= 11 is 0. The zero-order valence-corrected chi connectivity index (χ0v) is 12.0. The Hall–Kier alpha value is -2.33. The SMILES string of the molecule is COC1C(C)=C(O)C=C(O)C1C=CC(=O)c1ccccc1. The van der Waals surface area contributed by atoms with E-state index in [1.165, 1.54) is 19.3 Å². The predicted octanol–water partition coefficient (Wildman–Crippen LogP) is 3.34. The van der Waals surface area contributed by atoms with E-state index >= 15 is 0 Å². The Balaban J connectivity index is 2.21. The third kappa shape index (κ3) is 3.23. The fourth-order valence-electron chi connectivity index (χ4n) is 2.33. The van der Waals surface area contributed by atoms with E-state index in [1.54, 1.807) is 37.3 Å². The number of allylic oxidation sites excluding steroid dienone is 2. The first kappa shape index (κ1) is 15.1. The lowest BCUT2D eigenvalue weighted by atomic mass is 9.88. The molecule has 2 atom stereocenters. The van der Waals surface area contributed by atoms with Crippen molar-refractivity contribution in [2.75, 3.05) is 7.11 Å². The van der Waals surface area contributed by atoms with Gasteiger partial charge in [-0.25, -0.2) is 0 Å². The Morgan fingerprint density at radius 3 is 2.52 bits per heavy atom. The molecular formula is C17H18O4. The molecule has 0 fully saturated rings. The minimum Gasteiger partial charge on any atom is -0.511 e. The Morgan fingerprint density at radius 2 is 1.90 bits per heavy atom. The normalized spacial score (nSPS) is 22.5. The van der Waals surface area contributed by atoms with Gasteiger partial charge in [-0.05, 0) is 18.6 Å². The summed E-state index contributed by atoms with van der Waals surface area (Å²) in [5.74, 6) is -0.659. The lowest BCUT2D eigenvalue weighted by Gasteiger charge is -2.27. The molecule has 0 bridgehead atoms. The third-order valence-electron chi connectivity index (χ3n) is 3.55. The van der Waals surface area contributed by atoms with Crippen LogP contribution in [0.2, 0.25) is 0 Å². The maximum absolute atomic E-state index is 12.0. The lowest BCUT2D eigenvalue weighted by Crippen LogP contribution is -2.28. The minimum absolute atomic E-state index is 0.00149. The van der Waals surface area contributed by atoms with Crippen LogP contribution in [0, 0.1) is 5.92 Å². The van der Waals surface area contributed by atoms with Gasteiger partial charge in [0.15, 0.2) is 5.78 Å². The van der Waals surface area contributed by atoms with Gasteiger partial charge in [-0.2, -0.15) is 0 Å². The summed E-state index contributed by atoms with van der Waals surface area (Å²) in [6.45, 7) is 1.73. The van der Waals surface area contributed by atoms with Crippen molar-refractivity contribution in [3.8, 4) is 0 Å². The monoisotopic (exact) mass is 286 g/mol. The van der Waals surface area contributed by atoms with Crippen molar-refractivity contribution >= 4 is 5.78 Å². The molecule has 4 nitrogen and oxygen atoms in total. The number of ketones is 1. The van der Waals surface area contributed by atoms with E-state index in [4.69, 9.17) is 4.74 Å². The van der Waals surface area contributed by atoms with Crippen molar-refractivity contribution in [2.45, 2.75) is 13.0 Å². The Labute approximate surface area is 123 Å². The Morgan fingerprint density at radius 1 is 1.24 bits per heavy atom. The molecule has 0 amide bonds. The number of ether oxygens (including phenoxy) is 1. The van der Waals surface area contributed by atoms with Crippen molar-refractivity contribution in [2.24, 2.45) is 5.92 Å². The first-order valence-corrected chi connectivity index (χ1v) is 6.65. The highest BCUT2D eigenvalue weighted by Gasteiger charge is 2.30. The molecule has 1 aromatic carbocycles. The van der Waals surface area contributed by atoms with Crippen molar-refractivity contribution < 1.29 is 19.7 Å². The van der Waals surface area contributed by atoms with Crippen LogP contribution in [0.5, 0.6) is 0 Å². The molecule has 2 N–H and O–H groups in total. The topological polar surface area (TPSA) is 66.8 Å². The molecule has 21 heavy (non-hydrogen) atoms. The van der Waals surface area contributed by atoms with Gasteiger partial charge in [-0.3, -0.25) is 4.79 Å². The van der Waals surface area contributed by atoms with Crippen LogP contribution in [-0.2, 0) is 4.74 Å². The molecule has 110 valence electrons. The fraction of sp³-hybridized carbons (Fsp3) is 0.235. The molecule has 0 saturated heterocycles. The molecule has 1 aliphatic carbocycles. The van der Waals surface area contributed by atoms with Crippen LogP contribution in [0.3, 0.4) is 0 Å². The number of methoxy groups -OCH3 is 1. The predicted molar refractivity (Wildman–Crippen MR) is 80.2 cm³/mol. The van der Waals surface area contributed by atoms with Gasteiger partial charge in [0.2, 0.25) is 0 Å². The molecule has 0 radical (unpaired) electrons. The van der Waals surface area contributed by atoms with E-state index in [0.29, 0.717) is 11.1 Å². The van der Waals surface area contributed by atoms with Crippen molar-refractivity contribution in [1.29, 1.82) is 0 Å². The first-order valence-electron chi connectivity index (χ1n) is 6.65. The maximum Gasteiger partial charge on any atom is 0.185 e. The fourth-order valence-corrected chi connectivity index (χ4v) is 2.33. The Bertz CT molecular complexity index is 611. The molecule has 0 aromatic heterocycles. The van der Waals surface area contributed by atoms with Crippen LogP contribution in [0.25, 0.3) is 0 Å². The molecule has 0 saturated carbocycles. The van der Waals surface area contributed by atoms with Crippen LogP contribution in [-0.4, -0.2) is 29.2 Å². The number of rotatable bonds is 4. The van der Waals surface area contributed by atoms with E-state index in [9.17, 15) is 15.0 Å². The lowest BCUT2D eigenvalue weighted by molar-refractivity contribution is 0.0856. The van der Waals surface area contributed by atoms with E-state index in [0.717, 1.165) is 0 Å². The van der Waals surface area contributed by atoms with Crippen LogP contribution >= 0.6 is 0 Å². The third-order valence-corrected chi connectivity index (χ3v) is 3.55. The number of hydrogen-bond donors (Lipinski definition) is 2. The van der Waals surface area contributed by atoms with Gasteiger partial charge < -0.3 is 14.9 Å². The van der Waals surface area contributed by atoms with E-state index in [-0.39, 0.29) is 17.3 Å². The zero-order valence-electron chi connectivity index (χ0n) is 12.0. The molecular weight excluding hydrogens is 268 g/mol. The molecule has 0 heterocycles. The highest BCUT2D eigenvalue weighted by molar-refractivity contribution is 6.04. The summed E-state index contributed by atoms with van der Waals surface area (Å²) in [5, 5.41) is 19.7. The highest BCUT2D eigenvalue weighted by Crippen LogP contribution is 2.30. The van der Waals surface area contributed by atoms with Gasteiger partial charge >= 0.3 is 0 Å². The average molecular weight is 286 g/mol. The smallest absolute Gasteiger partial charge is 0.185 e. The van der Waals surface area contributed by atoms with Gasteiger partial charge in [0.05, 0.1) is 12.0 Å². The summed E-state index contributed by atoms with van der Waals surface area (Å²) in [7, 11) is 1.50. The second kappa shape index (κ2) is 6.41. The van der Waals surface area contributed by atoms with Crippen molar-refractivity contribution in [1.82, 2.24) is 0 Å². The molecule has 1 aliphatic rings. The molecule has 4 heteroatoms. The largest absolute Gasteiger partial charge is 0.511 e. The number of aliphatic hydroxyl groups excluding tert-OH is 2. The molecule has 2 rings (SSSR count). The van der Waals surface area contributed by atoms with Gasteiger partial charge in [-0.1, -0.05) is 36.4 Å². The van der Waals surface area contributed by atoms with Crippen LogP contribution < -0.4 is 0 Å². The quantitative estimate of drug-likeness (QED) is 0.658. The van der Waals surface area contributed by atoms with Crippen LogP contribution in [0.4, 0.5) is 0 Å². The molecule has 0 aliphatic heterocycles. The number of carbonyl (C=O) groups excluding carboxylic acids is 1. The van der Waals surface area contributed by atoms with Gasteiger partial charge in [0, 0.05) is 18.7 Å². The second-order valence-electron chi connectivity index (χ2n) is 4.91. The van der Waals surface area contributed by atoms with Gasteiger partial charge in [0.1, 0.15) is 11.5 Å². The van der Waals surface area contributed by atoms with E-state index in [2.05, 4.69) is 0 Å². The average Bonchev–Trinajstić information content (AvgIpc) is 2.50. The van der Waals surface area contributed by atoms with Crippen LogP contribution in [0.1, 0.15) is 17.3 Å². The summed E-state index contributed by atoms with van der Waals surface area (Å²) in [5.41, 5.74) is 1.20. The maximum atomic E-state index is 12.0.